The third-order valence-corrected chi connectivity index (χ3v) is 3.02. The zero-order valence-corrected chi connectivity index (χ0v) is 11.3. The Bertz CT molecular complexity index is 276. The molecule has 1 fully saturated rings. The van der Waals surface area contributed by atoms with E-state index in [-0.39, 0.29) is 18.2 Å². The van der Waals surface area contributed by atoms with E-state index < -0.39 is 0 Å². The van der Waals surface area contributed by atoms with Crippen LogP contribution in [0, 0.1) is 0 Å². The molecule has 0 unspecified atom stereocenters. The minimum Gasteiger partial charge on any atom is -0.385 e. The predicted octanol–water partition coefficient (Wildman–Crippen LogP) is -0.697. The molecule has 1 heterocycles. The highest BCUT2D eigenvalue weighted by Gasteiger charge is 2.20. The van der Waals surface area contributed by atoms with Crippen molar-refractivity contribution in [1.82, 2.24) is 15.1 Å². The maximum Gasteiger partial charge on any atom is 0.232 e. The van der Waals surface area contributed by atoms with Crippen LogP contribution < -0.4 is 5.32 Å². The van der Waals surface area contributed by atoms with Gasteiger partial charge in [0.2, 0.25) is 11.8 Å². The number of rotatable bonds is 6. The van der Waals surface area contributed by atoms with E-state index in [9.17, 15) is 9.59 Å². The summed E-state index contributed by atoms with van der Waals surface area (Å²) in [6.07, 6.45) is 0.724. The number of carbonyl (C=O) groups is 2. The lowest BCUT2D eigenvalue weighted by atomic mass is 10.2. The van der Waals surface area contributed by atoms with Crippen molar-refractivity contribution in [3.63, 3.8) is 0 Å². The molecule has 0 atom stereocenters. The van der Waals surface area contributed by atoms with Gasteiger partial charge in [-0.3, -0.25) is 9.59 Å². The molecule has 0 bridgehead atoms. The summed E-state index contributed by atoms with van der Waals surface area (Å²) < 4.78 is 4.88. The molecule has 1 aliphatic rings. The Morgan fingerprint density at radius 3 is 2.50 bits per heavy atom. The average Bonchev–Trinajstić information content (AvgIpc) is 2.35. The second-order valence-electron chi connectivity index (χ2n) is 4.56. The second-order valence-corrected chi connectivity index (χ2v) is 4.56. The highest BCUT2D eigenvalue weighted by molar-refractivity contribution is 5.96. The van der Waals surface area contributed by atoms with Crippen molar-refractivity contribution in [1.29, 1.82) is 0 Å². The van der Waals surface area contributed by atoms with Gasteiger partial charge in [-0.2, -0.15) is 0 Å². The summed E-state index contributed by atoms with van der Waals surface area (Å²) in [7, 11) is 3.66. The topological polar surface area (TPSA) is 61.9 Å². The number of amides is 2. The first kappa shape index (κ1) is 14.9. The van der Waals surface area contributed by atoms with Crippen molar-refractivity contribution in [2.45, 2.75) is 12.8 Å². The number of ether oxygens (including phenoxy) is 1. The fraction of sp³-hybridized carbons (Fsp3) is 0.833. The Kier molecular flexibility index (Phi) is 6.67. The maximum absolute atomic E-state index is 11.8. The summed E-state index contributed by atoms with van der Waals surface area (Å²) in [5.41, 5.74) is 0. The number of nitrogens with one attached hydrogen (secondary N) is 1. The van der Waals surface area contributed by atoms with Crippen molar-refractivity contribution in [3.05, 3.63) is 0 Å². The normalized spacial score (nSPS) is 16.7. The van der Waals surface area contributed by atoms with Gasteiger partial charge in [0.05, 0.1) is 0 Å². The molecule has 0 radical (unpaired) electrons. The van der Waals surface area contributed by atoms with Gasteiger partial charge in [0.1, 0.15) is 6.42 Å². The van der Waals surface area contributed by atoms with E-state index in [0.29, 0.717) is 26.2 Å². The van der Waals surface area contributed by atoms with Crippen LogP contribution in [0.15, 0.2) is 0 Å². The first-order valence-corrected chi connectivity index (χ1v) is 6.35. The van der Waals surface area contributed by atoms with E-state index in [1.165, 1.54) is 0 Å². The van der Waals surface area contributed by atoms with Crippen molar-refractivity contribution >= 4 is 11.8 Å². The van der Waals surface area contributed by atoms with Gasteiger partial charge in [0, 0.05) is 46.4 Å². The fourth-order valence-corrected chi connectivity index (χ4v) is 1.81. The number of carbonyl (C=O) groups excluding carboxylic acids is 2. The van der Waals surface area contributed by atoms with Crippen LogP contribution in [-0.2, 0) is 14.3 Å². The zero-order chi connectivity index (χ0) is 13.4. The Balaban J connectivity index is 2.17. The highest BCUT2D eigenvalue weighted by atomic mass is 16.5. The molecule has 1 aliphatic heterocycles. The van der Waals surface area contributed by atoms with Gasteiger partial charge >= 0.3 is 0 Å². The van der Waals surface area contributed by atoms with Crippen molar-refractivity contribution in [2.75, 3.05) is 53.5 Å². The molecule has 18 heavy (non-hydrogen) atoms. The summed E-state index contributed by atoms with van der Waals surface area (Å²) in [5.74, 6) is -0.276. The minimum atomic E-state index is -0.199. The molecule has 1 N–H and O–H groups in total. The molecule has 2 amide bonds. The standard InChI is InChI=1S/C12H23N3O3/c1-14-5-7-15(8-6-14)12(17)10-11(16)13-4-3-9-18-2/h3-10H2,1-2H3,(H,13,16). The van der Waals surface area contributed by atoms with Gasteiger partial charge in [-0.15, -0.1) is 0 Å². The molecule has 1 rings (SSSR count). The Labute approximate surface area is 108 Å². The molecule has 0 aromatic carbocycles. The van der Waals surface area contributed by atoms with Crippen molar-refractivity contribution in [3.8, 4) is 0 Å². The molecular weight excluding hydrogens is 234 g/mol. The van der Waals surface area contributed by atoms with Crippen LogP contribution in [0.2, 0.25) is 0 Å². The van der Waals surface area contributed by atoms with Crippen LogP contribution in [0.1, 0.15) is 12.8 Å². The van der Waals surface area contributed by atoms with Gasteiger partial charge in [0.25, 0.3) is 0 Å². The van der Waals surface area contributed by atoms with E-state index in [1.807, 2.05) is 7.05 Å². The van der Waals surface area contributed by atoms with Crippen LogP contribution in [0.3, 0.4) is 0 Å². The van der Waals surface area contributed by atoms with E-state index in [2.05, 4.69) is 10.2 Å². The number of piperazine rings is 1. The lowest BCUT2D eigenvalue weighted by molar-refractivity contribution is -0.137. The number of methoxy groups -OCH3 is 1. The van der Waals surface area contributed by atoms with Crippen LogP contribution in [-0.4, -0.2) is 75.1 Å². The summed E-state index contributed by atoms with van der Waals surface area (Å²) in [6.45, 7) is 4.36. The maximum atomic E-state index is 11.8. The average molecular weight is 257 g/mol. The largest absolute Gasteiger partial charge is 0.385 e. The quantitative estimate of drug-likeness (QED) is 0.505. The lowest BCUT2D eigenvalue weighted by Gasteiger charge is -2.32. The minimum absolute atomic E-state index is 0.0449. The lowest BCUT2D eigenvalue weighted by Crippen LogP contribution is -2.48. The number of hydrogen-bond acceptors (Lipinski definition) is 4. The van der Waals surface area contributed by atoms with Crippen LogP contribution in [0.4, 0.5) is 0 Å². The predicted molar refractivity (Wildman–Crippen MR) is 68.2 cm³/mol. The Morgan fingerprint density at radius 2 is 1.89 bits per heavy atom. The Hall–Kier alpha value is -1.14. The Morgan fingerprint density at radius 1 is 1.22 bits per heavy atom. The van der Waals surface area contributed by atoms with Gasteiger partial charge in [-0.05, 0) is 13.5 Å². The van der Waals surface area contributed by atoms with Gasteiger partial charge < -0.3 is 19.9 Å². The van der Waals surface area contributed by atoms with E-state index in [4.69, 9.17) is 4.74 Å². The summed E-state index contributed by atoms with van der Waals surface area (Å²) in [6, 6.07) is 0. The molecule has 6 heteroatoms. The summed E-state index contributed by atoms with van der Waals surface area (Å²) in [4.78, 5) is 27.3. The zero-order valence-electron chi connectivity index (χ0n) is 11.3. The first-order chi connectivity index (χ1) is 8.63. The monoisotopic (exact) mass is 257 g/mol. The smallest absolute Gasteiger partial charge is 0.232 e. The molecule has 0 saturated carbocycles. The van der Waals surface area contributed by atoms with Crippen molar-refractivity contribution in [2.24, 2.45) is 0 Å². The van der Waals surface area contributed by atoms with Gasteiger partial charge in [-0.1, -0.05) is 0 Å². The molecule has 0 aliphatic carbocycles. The second kappa shape index (κ2) is 8.05. The molecular formula is C12H23N3O3. The molecule has 0 spiro atoms. The third-order valence-electron chi connectivity index (χ3n) is 3.02. The molecule has 6 nitrogen and oxygen atoms in total. The van der Waals surface area contributed by atoms with Crippen molar-refractivity contribution < 1.29 is 14.3 Å². The van der Waals surface area contributed by atoms with E-state index in [1.54, 1.807) is 12.0 Å². The van der Waals surface area contributed by atoms with E-state index >= 15 is 0 Å². The molecule has 104 valence electrons. The molecule has 1 saturated heterocycles. The van der Waals surface area contributed by atoms with Crippen LogP contribution >= 0.6 is 0 Å². The fourth-order valence-electron chi connectivity index (χ4n) is 1.81. The third kappa shape index (κ3) is 5.46. The summed E-state index contributed by atoms with van der Waals surface area (Å²) >= 11 is 0. The molecule has 0 aromatic heterocycles. The van der Waals surface area contributed by atoms with Gasteiger partial charge in [0.15, 0.2) is 0 Å². The number of likely N-dealkylation sites (N-methyl/N-ethyl adjacent to an activating group) is 1. The number of hydrogen-bond donors (Lipinski definition) is 1. The van der Waals surface area contributed by atoms with E-state index in [0.717, 1.165) is 19.5 Å². The highest BCUT2D eigenvalue weighted by Crippen LogP contribution is 2.01. The summed E-state index contributed by atoms with van der Waals surface area (Å²) in [5, 5.41) is 2.72. The number of nitrogens with zero attached hydrogens (tertiary/aromatic N) is 2. The van der Waals surface area contributed by atoms with Gasteiger partial charge in [-0.25, -0.2) is 0 Å². The first-order valence-electron chi connectivity index (χ1n) is 6.35. The van der Waals surface area contributed by atoms with Crippen LogP contribution in [0.25, 0.3) is 0 Å². The van der Waals surface area contributed by atoms with Crippen LogP contribution in [0.5, 0.6) is 0 Å². The molecule has 0 aromatic rings. The SMILES string of the molecule is COCCCNC(=O)CC(=O)N1CCN(C)CC1.